The standard InChI is InChI=1S/C21H24N4OS/c1-3-25-20(16-11-12-16)23-24-21(25)27-13-19(26)22-14(2)17-10-6-8-15-7-4-5-9-18(15)17/h4-10,14,16H,3,11-13H2,1-2H3,(H,22,26)/t14-/m1/s1. The van der Waals surface area contributed by atoms with Crippen molar-refractivity contribution in [3.63, 3.8) is 0 Å². The summed E-state index contributed by atoms with van der Waals surface area (Å²) in [5.74, 6) is 1.99. The van der Waals surface area contributed by atoms with E-state index in [0.29, 0.717) is 11.7 Å². The van der Waals surface area contributed by atoms with Gasteiger partial charge in [-0.3, -0.25) is 4.79 Å². The number of hydrogen-bond donors (Lipinski definition) is 1. The zero-order valence-corrected chi connectivity index (χ0v) is 16.5. The van der Waals surface area contributed by atoms with Crippen LogP contribution in [0.1, 0.15) is 50.0 Å². The van der Waals surface area contributed by atoms with Crippen LogP contribution in [-0.2, 0) is 11.3 Å². The number of aromatic nitrogens is 3. The number of fused-ring (bicyclic) bond motifs is 1. The Morgan fingerprint density at radius 3 is 2.78 bits per heavy atom. The Bertz CT molecular complexity index is 958. The SMILES string of the molecule is CCn1c(SCC(=O)N[C@H](C)c2cccc3ccccc23)nnc1C1CC1. The van der Waals surface area contributed by atoms with Crippen LogP contribution in [0.2, 0.25) is 0 Å². The quantitative estimate of drug-likeness (QED) is 0.621. The van der Waals surface area contributed by atoms with Crippen LogP contribution >= 0.6 is 11.8 Å². The van der Waals surface area contributed by atoms with Crippen LogP contribution in [0.25, 0.3) is 10.8 Å². The van der Waals surface area contributed by atoms with Gasteiger partial charge in [-0.25, -0.2) is 0 Å². The number of hydrogen-bond acceptors (Lipinski definition) is 4. The summed E-state index contributed by atoms with van der Waals surface area (Å²) in [6.45, 7) is 4.97. The number of thioether (sulfide) groups is 1. The molecule has 0 radical (unpaired) electrons. The molecule has 3 aromatic rings. The van der Waals surface area contributed by atoms with Crippen molar-refractivity contribution in [3.8, 4) is 0 Å². The van der Waals surface area contributed by atoms with E-state index in [2.05, 4.69) is 51.3 Å². The first-order chi connectivity index (χ1) is 13.2. The zero-order chi connectivity index (χ0) is 18.8. The van der Waals surface area contributed by atoms with Crippen LogP contribution < -0.4 is 5.32 Å². The molecule has 1 amide bonds. The van der Waals surface area contributed by atoms with E-state index in [-0.39, 0.29) is 11.9 Å². The normalized spacial score (nSPS) is 15.0. The van der Waals surface area contributed by atoms with Crippen molar-refractivity contribution >= 4 is 28.4 Å². The highest BCUT2D eigenvalue weighted by Gasteiger charge is 2.30. The molecule has 0 spiro atoms. The van der Waals surface area contributed by atoms with Crippen molar-refractivity contribution in [1.82, 2.24) is 20.1 Å². The Morgan fingerprint density at radius 1 is 1.22 bits per heavy atom. The minimum Gasteiger partial charge on any atom is -0.349 e. The average Bonchev–Trinajstić information content (AvgIpc) is 3.45. The van der Waals surface area contributed by atoms with Gasteiger partial charge in [0, 0.05) is 12.5 Å². The molecule has 6 heteroatoms. The Kier molecular flexibility index (Phi) is 5.16. The number of carbonyl (C=O) groups is 1. The molecule has 1 aromatic heterocycles. The van der Waals surface area contributed by atoms with Gasteiger partial charge in [0.25, 0.3) is 0 Å². The lowest BCUT2D eigenvalue weighted by Gasteiger charge is -2.16. The fourth-order valence-corrected chi connectivity index (χ4v) is 4.29. The van der Waals surface area contributed by atoms with E-state index in [1.54, 1.807) is 0 Å². The molecule has 1 atom stereocenters. The van der Waals surface area contributed by atoms with E-state index in [1.165, 1.54) is 35.4 Å². The highest BCUT2D eigenvalue weighted by atomic mass is 32.2. The number of carbonyl (C=O) groups excluding carboxylic acids is 1. The van der Waals surface area contributed by atoms with Crippen molar-refractivity contribution in [3.05, 3.63) is 53.9 Å². The van der Waals surface area contributed by atoms with E-state index in [0.717, 1.165) is 23.1 Å². The molecule has 5 nitrogen and oxygen atoms in total. The van der Waals surface area contributed by atoms with Gasteiger partial charge in [-0.15, -0.1) is 10.2 Å². The van der Waals surface area contributed by atoms with Gasteiger partial charge in [0.2, 0.25) is 5.91 Å². The van der Waals surface area contributed by atoms with E-state index in [9.17, 15) is 4.79 Å². The van der Waals surface area contributed by atoms with Gasteiger partial charge in [0.15, 0.2) is 5.16 Å². The van der Waals surface area contributed by atoms with Crippen molar-refractivity contribution < 1.29 is 4.79 Å². The summed E-state index contributed by atoms with van der Waals surface area (Å²) in [6.07, 6.45) is 2.40. The number of rotatable bonds is 7. The highest BCUT2D eigenvalue weighted by molar-refractivity contribution is 7.99. The lowest BCUT2D eigenvalue weighted by Crippen LogP contribution is -2.28. The van der Waals surface area contributed by atoms with Gasteiger partial charge in [-0.05, 0) is 43.0 Å². The smallest absolute Gasteiger partial charge is 0.230 e. The maximum Gasteiger partial charge on any atom is 0.230 e. The van der Waals surface area contributed by atoms with E-state index in [1.807, 2.05) is 25.1 Å². The van der Waals surface area contributed by atoms with Gasteiger partial charge in [0.05, 0.1) is 11.8 Å². The topological polar surface area (TPSA) is 59.8 Å². The van der Waals surface area contributed by atoms with E-state index < -0.39 is 0 Å². The average molecular weight is 381 g/mol. The molecule has 0 unspecified atom stereocenters. The maximum atomic E-state index is 12.5. The second kappa shape index (κ2) is 7.72. The Morgan fingerprint density at radius 2 is 2.00 bits per heavy atom. The number of nitrogens with one attached hydrogen (secondary N) is 1. The predicted octanol–water partition coefficient (Wildman–Crippen LogP) is 4.30. The van der Waals surface area contributed by atoms with Gasteiger partial charge in [-0.1, -0.05) is 54.2 Å². The molecule has 1 saturated carbocycles. The lowest BCUT2D eigenvalue weighted by atomic mass is 10.00. The largest absolute Gasteiger partial charge is 0.349 e. The molecular weight excluding hydrogens is 356 g/mol. The Balaban J connectivity index is 1.41. The van der Waals surface area contributed by atoms with Crippen LogP contribution in [-0.4, -0.2) is 26.4 Å². The fourth-order valence-electron chi connectivity index (χ4n) is 3.47. The zero-order valence-electron chi connectivity index (χ0n) is 15.7. The molecule has 1 aliphatic rings. The summed E-state index contributed by atoms with van der Waals surface area (Å²) < 4.78 is 2.14. The molecule has 1 N–H and O–H groups in total. The van der Waals surface area contributed by atoms with Crippen LogP contribution in [0, 0.1) is 0 Å². The van der Waals surface area contributed by atoms with Crippen molar-refractivity contribution in [2.75, 3.05) is 5.75 Å². The number of nitrogens with zero attached hydrogens (tertiary/aromatic N) is 3. The van der Waals surface area contributed by atoms with Gasteiger partial charge in [-0.2, -0.15) is 0 Å². The molecule has 1 heterocycles. The molecule has 0 bridgehead atoms. The van der Waals surface area contributed by atoms with E-state index >= 15 is 0 Å². The minimum absolute atomic E-state index is 0.0130. The van der Waals surface area contributed by atoms with Crippen LogP contribution in [0.5, 0.6) is 0 Å². The molecule has 140 valence electrons. The van der Waals surface area contributed by atoms with Gasteiger partial charge >= 0.3 is 0 Å². The minimum atomic E-state index is -0.0460. The summed E-state index contributed by atoms with van der Waals surface area (Å²) >= 11 is 1.46. The van der Waals surface area contributed by atoms with E-state index in [4.69, 9.17) is 0 Å². The third-order valence-electron chi connectivity index (χ3n) is 5.00. The first kappa shape index (κ1) is 18.0. The van der Waals surface area contributed by atoms with Gasteiger partial charge < -0.3 is 9.88 Å². The first-order valence-electron chi connectivity index (χ1n) is 9.50. The van der Waals surface area contributed by atoms with Gasteiger partial charge in [0.1, 0.15) is 5.82 Å². The molecule has 1 fully saturated rings. The summed E-state index contributed by atoms with van der Waals surface area (Å²) in [5, 5.41) is 15.0. The molecule has 0 saturated heterocycles. The maximum absolute atomic E-state index is 12.5. The van der Waals surface area contributed by atoms with Crippen LogP contribution in [0.15, 0.2) is 47.6 Å². The van der Waals surface area contributed by atoms with Crippen LogP contribution in [0.4, 0.5) is 0 Å². The molecule has 1 aliphatic carbocycles. The first-order valence-corrected chi connectivity index (χ1v) is 10.5. The lowest BCUT2D eigenvalue weighted by molar-refractivity contribution is -0.119. The fraction of sp³-hybridized carbons (Fsp3) is 0.381. The third kappa shape index (κ3) is 3.86. The van der Waals surface area contributed by atoms with Crippen LogP contribution in [0.3, 0.4) is 0 Å². The molecule has 4 rings (SSSR count). The number of benzene rings is 2. The molecule has 27 heavy (non-hydrogen) atoms. The predicted molar refractivity (Wildman–Crippen MR) is 109 cm³/mol. The van der Waals surface area contributed by atoms with Crippen molar-refractivity contribution in [2.24, 2.45) is 0 Å². The molecule has 0 aliphatic heterocycles. The summed E-state index contributed by atoms with van der Waals surface area (Å²) in [5.41, 5.74) is 1.14. The van der Waals surface area contributed by atoms with Crippen molar-refractivity contribution in [1.29, 1.82) is 0 Å². The molecular formula is C21H24N4OS. The monoisotopic (exact) mass is 380 g/mol. The molecule has 2 aromatic carbocycles. The number of amides is 1. The Hall–Kier alpha value is -2.34. The second-order valence-corrected chi connectivity index (χ2v) is 7.95. The third-order valence-corrected chi connectivity index (χ3v) is 5.97. The van der Waals surface area contributed by atoms with Crippen molar-refractivity contribution in [2.45, 2.75) is 50.4 Å². The summed E-state index contributed by atoms with van der Waals surface area (Å²) in [7, 11) is 0. The summed E-state index contributed by atoms with van der Waals surface area (Å²) in [6, 6.07) is 14.4. The summed E-state index contributed by atoms with van der Waals surface area (Å²) in [4.78, 5) is 12.5. The Labute approximate surface area is 163 Å². The second-order valence-electron chi connectivity index (χ2n) is 7.01. The highest BCUT2D eigenvalue weighted by Crippen LogP contribution is 2.40.